The summed E-state index contributed by atoms with van der Waals surface area (Å²) in [6.07, 6.45) is 4.07. The molecule has 0 N–H and O–H groups in total. The smallest absolute Gasteiger partial charge is 0.332 e. The summed E-state index contributed by atoms with van der Waals surface area (Å²) in [4.78, 5) is 29.4. The molecule has 0 spiro atoms. The van der Waals surface area contributed by atoms with E-state index < -0.39 is 0 Å². The molecule has 0 radical (unpaired) electrons. The average Bonchev–Trinajstić information content (AvgIpc) is 3.29. The minimum Gasteiger partial charge on any atom is -0.365 e. The second kappa shape index (κ2) is 11.2. The lowest BCUT2D eigenvalue weighted by molar-refractivity contribution is -0.0234. The van der Waals surface area contributed by atoms with E-state index in [1.165, 1.54) is 32.7 Å². The Morgan fingerprint density at radius 2 is 1.43 bits per heavy atom. The Bertz CT molecular complexity index is 1330. The molecule has 0 aliphatic carbocycles. The van der Waals surface area contributed by atoms with Gasteiger partial charge < -0.3 is 9.64 Å². The van der Waals surface area contributed by atoms with Crippen molar-refractivity contribution < 1.29 is 4.74 Å². The second-order valence-electron chi connectivity index (χ2n) is 8.77. The summed E-state index contributed by atoms with van der Waals surface area (Å²) in [6, 6.07) is 21.1. The number of hydrogen-bond acceptors (Lipinski definition) is 5. The molecule has 0 saturated carbocycles. The number of aromatic nitrogens is 4. The molecule has 4 aromatic rings. The number of halogens is 1. The van der Waals surface area contributed by atoms with Crippen LogP contribution in [0.3, 0.4) is 0 Å². The van der Waals surface area contributed by atoms with Crippen molar-refractivity contribution in [2.75, 3.05) is 20.1 Å². The number of imidazole rings is 1. The summed E-state index contributed by atoms with van der Waals surface area (Å²) in [7, 11) is 5.19. The van der Waals surface area contributed by atoms with Gasteiger partial charge in [-0.15, -0.1) is 0 Å². The summed E-state index contributed by atoms with van der Waals surface area (Å²) in [6.45, 7) is 2.25. The van der Waals surface area contributed by atoms with Gasteiger partial charge in [0.2, 0.25) is 0 Å². The van der Waals surface area contributed by atoms with Crippen LogP contribution in [0.5, 0.6) is 0 Å². The van der Waals surface area contributed by atoms with E-state index in [1.54, 1.807) is 7.05 Å². The van der Waals surface area contributed by atoms with Crippen LogP contribution in [-0.2, 0) is 18.8 Å². The lowest BCUT2D eigenvalue weighted by Gasteiger charge is -2.32. The topological polar surface area (TPSA) is 74.3 Å². The number of likely N-dealkylation sites (tertiary alicyclic amines) is 1. The maximum absolute atomic E-state index is 11.6. The standard InChI is InChI=1S/C19H23NO.C7H7BrN4O2/c1-20-14-12-18(13-15-20)21-19(16-8-4-2-5-9-16)17-10-6-3-7-11-17;1-10-5-4(12(8)3-9-5)6(13)11(2)7(10)14/h2-11,18-19H,12-15H2,1H3;3H,1-2H3. The molecular weight excluding hydrogens is 510 g/mol. The molecule has 0 atom stereocenters. The van der Waals surface area contributed by atoms with Crippen molar-refractivity contribution in [1.29, 1.82) is 0 Å². The van der Waals surface area contributed by atoms with Gasteiger partial charge in [-0.2, -0.15) is 0 Å². The third-order valence-corrected chi connectivity index (χ3v) is 6.84. The Labute approximate surface area is 212 Å². The Hall–Kier alpha value is -3.01. The number of ether oxygens (including phenoxy) is 1. The molecule has 1 saturated heterocycles. The quantitative estimate of drug-likeness (QED) is 0.397. The van der Waals surface area contributed by atoms with Crippen molar-refractivity contribution in [3.05, 3.63) is 99.0 Å². The highest BCUT2D eigenvalue weighted by molar-refractivity contribution is 9.08. The Balaban J connectivity index is 0.000000179. The summed E-state index contributed by atoms with van der Waals surface area (Å²) < 4.78 is 10.3. The highest BCUT2D eigenvalue weighted by atomic mass is 79.9. The van der Waals surface area contributed by atoms with Crippen LogP contribution < -0.4 is 11.2 Å². The summed E-state index contributed by atoms with van der Waals surface area (Å²) in [5.41, 5.74) is 2.46. The first-order valence-corrected chi connectivity index (χ1v) is 12.3. The fraction of sp³-hybridized carbons (Fsp3) is 0.346. The van der Waals surface area contributed by atoms with Crippen LogP contribution in [0, 0.1) is 0 Å². The third-order valence-electron chi connectivity index (χ3n) is 6.30. The third kappa shape index (κ3) is 5.63. The molecule has 5 rings (SSSR count). The largest absolute Gasteiger partial charge is 0.365 e. The number of benzene rings is 2. The van der Waals surface area contributed by atoms with Gasteiger partial charge >= 0.3 is 5.69 Å². The maximum atomic E-state index is 11.6. The second-order valence-corrected chi connectivity index (χ2v) is 9.54. The average molecular weight is 540 g/mol. The van der Waals surface area contributed by atoms with Crippen molar-refractivity contribution in [1.82, 2.24) is 22.6 Å². The van der Waals surface area contributed by atoms with E-state index in [2.05, 4.69) is 93.7 Å². The van der Waals surface area contributed by atoms with Crippen LogP contribution in [0.4, 0.5) is 0 Å². The van der Waals surface area contributed by atoms with Gasteiger partial charge in [0.15, 0.2) is 11.2 Å². The molecule has 3 heterocycles. The molecule has 1 fully saturated rings. The number of nitrogens with zero attached hydrogens (tertiary/aromatic N) is 5. The zero-order valence-electron chi connectivity index (χ0n) is 20.2. The molecular formula is C26H30BrN5O3. The Morgan fingerprint density at radius 1 is 0.886 bits per heavy atom. The van der Waals surface area contributed by atoms with E-state index in [0.717, 1.165) is 30.5 Å². The summed E-state index contributed by atoms with van der Waals surface area (Å²) in [5, 5.41) is 0. The van der Waals surface area contributed by atoms with Gasteiger partial charge in [0.25, 0.3) is 5.56 Å². The Morgan fingerprint density at radius 3 is 1.97 bits per heavy atom. The van der Waals surface area contributed by atoms with Crippen LogP contribution in [0.2, 0.25) is 0 Å². The molecule has 1 aliphatic heterocycles. The van der Waals surface area contributed by atoms with Crippen molar-refractivity contribution in [2.45, 2.75) is 25.0 Å². The van der Waals surface area contributed by atoms with Crippen LogP contribution in [-0.4, -0.2) is 48.9 Å². The molecule has 9 heteroatoms. The number of aryl methyl sites for hydroxylation is 1. The highest BCUT2D eigenvalue weighted by Crippen LogP contribution is 2.29. The van der Waals surface area contributed by atoms with Gasteiger partial charge in [-0.1, -0.05) is 60.7 Å². The normalized spacial score (nSPS) is 14.8. The van der Waals surface area contributed by atoms with Crippen LogP contribution in [0.1, 0.15) is 30.1 Å². The van der Waals surface area contributed by atoms with Gasteiger partial charge in [0, 0.05) is 27.2 Å². The molecule has 184 valence electrons. The lowest BCUT2D eigenvalue weighted by Crippen LogP contribution is -2.37. The maximum Gasteiger partial charge on any atom is 0.332 e. The molecule has 1 aliphatic rings. The number of rotatable bonds is 4. The van der Waals surface area contributed by atoms with Gasteiger partial charge in [0.1, 0.15) is 12.4 Å². The molecule has 2 aromatic heterocycles. The van der Waals surface area contributed by atoms with Gasteiger partial charge in [-0.3, -0.25) is 17.5 Å². The highest BCUT2D eigenvalue weighted by Gasteiger charge is 2.23. The number of fused-ring (bicyclic) bond motifs is 1. The van der Waals surface area contributed by atoms with Crippen LogP contribution >= 0.6 is 16.1 Å². The first-order valence-electron chi connectivity index (χ1n) is 11.6. The van der Waals surface area contributed by atoms with Crippen molar-refractivity contribution >= 4 is 27.3 Å². The van der Waals surface area contributed by atoms with Crippen molar-refractivity contribution in [3.63, 3.8) is 0 Å². The monoisotopic (exact) mass is 539 g/mol. The van der Waals surface area contributed by atoms with Crippen molar-refractivity contribution in [3.8, 4) is 0 Å². The number of piperidine rings is 1. The number of hydrogen-bond donors (Lipinski definition) is 0. The van der Waals surface area contributed by atoms with E-state index in [1.807, 2.05) is 0 Å². The fourth-order valence-electron chi connectivity index (χ4n) is 4.23. The van der Waals surface area contributed by atoms with Gasteiger partial charge in [-0.05, 0) is 31.0 Å². The SMILES string of the molecule is CN1CCC(OC(c2ccccc2)c2ccccc2)CC1.Cn1c(=O)c2c(ncn2Br)n(C)c1=O. The zero-order valence-corrected chi connectivity index (χ0v) is 21.8. The predicted octanol–water partition coefficient (Wildman–Crippen LogP) is 3.48. The van der Waals surface area contributed by atoms with Gasteiger partial charge in [0.05, 0.1) is 22.3 Å². The molecule has 0 amide bonds. The molecule has 35 heavy (non-hydrogen) atoms. The van der Waals surface area contributed by atoms with E-state index in [0.29, 0.717) is 17.3 Å². The van der Waals surface area contributed by atoms with Crippen molar-refractivity contribution in [2.24, 2.45) is 14.1 Å². The van der Waals surface area contributed by atoms with Crippen LogP contribution in [0.25, 0.3) is 11.2 Å². The fourth-order valence-corrected chi connectivity index (χ4v) is 4.63. The van der Waals surface area contributed by atoms with E-state index >= 15 is 0 Å². The first-order chi connectivity index (χ1) is 16.9. The van der Waals surface area contributed by atoms with Crippen LogP contribution in [0.15, 0.2) is 76.6 Å². The lowest BCUT2D eigenvalue weighted by atomic mass is 10.00. The molecule has 2 aromatic carbocycles. The van der Waals surface area contributed by atoms with E-state index in [9.17, 15) is 9.59 Å². The predicted molar refractivity (Wildman–Crippen MR) is 141 cm³/mol. The molecule has 0 unspecified atom stereocenters. The summed E-state index contributed by atoms with van der Waals surface area (Å²) >= 11 is 3.14. The van der Waals surface area contributed by atoms with E-state index in [4.69, 9.17) is 4.74 Å². The molecule has 0 bridgehead atoms. The minimum absolute atomic E-state index is 0.0424. The zero-order chi connectivity index (χ0) is 24.9. The Kier molecular flexibility index (Phi) is 8.00. The first kappa shape index (κ1) is 25.1. The minimum atomic E-state index is -0.381. The van der Waals surface area contributed by atoms with Gasteiger partial charge in [-0.25, -0.2) is 9.78 Å². The summed E-state index contributed by atoms with van der Waals surface area (Å²) in [5.74, 6) is 0. The van der Waals surface area contributed by atoms with E-state index in [-0.39, 0.29) is 17.4 Å². The molecule has 8 nitrogen and oxygen atoms in total.